The molecule has 0 bridgehead atoms. The Morgan fingerprint density at radius 2 is 2.17 bits per heavy atom. The number of carbonyl (C=O) groups excluding carboxylic acids is 1. The summed E-state index contributed by atoms with van der Waals surface area (Å²) >= 11 is 5.65. The van der Waals surface area contributed by atoms with E-state index in [9.17, 15) is 9.18 Å². The van der Waals surface area contributed by atoms with E-state index < -0.39 is 5.82 Å². The number of carbonyl (C=O) groups is 1. The average Bonchev–Trinajstić information content (AvgIpc) is 2.33. The molecule has 100 valence electrons. The number of amides is 1. The van der Waals surface area contributed by atoms with Crippen molar-refractivity contribution >= 4 is 28.9 Å². The number of halogens is 2. The highest BCUT2D eigenvalue weighted by Crippen LogP contribution is 2.25. The molecule has 1 aromatic rings. The lowest BCUT2D eigenvalue weighted by molar-refractivity contribution is -0.120. The van der Waals surface area contributed by atoms with Crippen LogP contribution in [0.4, 0.5) is 15.8 Å². The van der Waals surface area contributed by atoms with E-state index in [0.717, 1.165) is 12.5 Å². The molecule has 4 N–H and O–H groups in total. The highest BCUT2D eigenvalue weighted by molar-refractivity contribution is 6.31. The molecule has 0 unspecified atom stereocenters. The van der Waals surface area contributed by atoms with E-state index in [0.29, 0.717) is 25.2 Å². The Labute approximate surface area is 111 Å². The normalized spacial score (nSPS) is 10.2. The third-order valence-corrected chi connectivity index (χ3v) is 2.62. The maximum Gasteiger partial charge on any atom is 0.221 e. The van der Waals surface area contributed by atoms with Crippen molar-refractivity contribution in [3.05, 3.63) is 23.0 Å². The summed E-state index contributed by atoms with van der Waals surface area (Å²) in [5.41, 5.74) is 6.43. The van der Waals surface area contributed by atoms with Gasteiger partial charge in [0.25, 0.3) is 0 Å². The minimum atomic E-state index is -0.555. The largest absolute Gasteiger partial charge is 0.397 e. The molecule has 0 aliphatic rings. The van der Waals surface area contributed by atoms with Gasteiger partial charge in [-0.25, -0.2) is 4.39 Å². The number of benzene rings is 1. The van der Waals surface area contributed by atoms with Crippen LogP contribution >= 0.6 is 11.6 Å². The SMILES string of the molecule is CCCNC(=O)CCNc1cc(Cl)c(F)cc1N. The van der Waals surface area contributed by atoms with Crippen molar-refractivity contribution in [3.63, 3.8) is 0 Å². The van der Waals surface area contributed by atoms with Gasteiger partial charge < -0.3 is 16.4 Å². The molecule has 1 rings (SSSR count). The second-order valence-corrected chi connectivity index (χ2v) is 4.29. The van der Waals surface area contributed by atoms with Crippen LogP contribution in [0.1, 0.15) is 19.8 Å². The fourth-order valence-electron chi connectivity index (χ4n) is 1.38. The van der Waals surface area contributed by atoms with E-state index in [-0.39, 0.29) is 16.6 Å². The molecular formula is C12H17ClFN3O. The Kier molecular flexibility index (Phi) is 5.71. The summed E-state index contributed by atoms with van der Waals surface area (Å²) in [5.74, 6) is -0.587. The van der Waals surface area contributed by atoms with Crippen molar-refractivity contribution in [2.75, 3.05) is 24.1 Å². The lowest BCUT2D eigenvalue weighted by atomic mass is 10.2. The molecule has 4 nitrogen and oxygen atoms in total. The number of rotatable bonds is 6. The smallest absolute Gasteiger partial charge is 0.221 e. The molecule has 0 aromatic heterocycles. The molecule has 6 heteroatoms. The molecule has 0 aliphatic carbocycles. The molecule has 18 heavy (non-hydrogen) atoms. The fraction of sp³-hybridized carbons (Fsp3) is 0.417. The van der Waals surface area contributed by atoms with Gasteiger partial charge in [0.2, 0.25) is 5.91 Å². The molecule has 0 heterocycles. The molecule has 0 atom stereocenters. The van der Waals surface area contributed by atoms with Crippen molar-refractivity contribution in [2.24, 2.45) is 0 Å². The minimum Gasteiger partial charge on any atom is -0.397 e. The van der Waals surface area contributed by atoms with E-state index in [1.54, 1.807) is 0 Å². The second-order valence-electron chi connectivity index (χ2n) is 3.88. The number of nitrogens with two attached hydrogens (primary N) is 1. The number of nitrogens with one attached hydrogen (secondary N) is 2. The number of anilines is 2. The van der Waals surface area contributed by atoms with Crippen LogP contribution in [0.2, 0.25) is 5.02 Å². The van der Waals surface area contributed by atoms with Crippen molar-refractivity contribution in [2.45, 2.75) is 19.8 Å². The molecule has 0 fully saturated rings. The second kappa shape index (κ2) is 7.06. The van der Waals surface area contributed by atoms with Crippen molar-refractivity contribution in [3.8, 4) is 0 Å². The summed E-state index contributed by atoms with van der Waals surface area (Å²) in [6.45, 7) is 3.07. The van der Waals surface area contributed by atoms with Crippen LogP contribution < -0.4 is 16.4 Å². The van der Waals surface area contributed by atoms with Gasteiger partial charge in [-0.15, -0.1) is 0 Å². The van der Waals surface area contributed by atoms with Crippen molar-refractivity contribution in [1.29, 1.82) is 0 Å². The number of nitrogen functional groups attached to an aromatic ring is 1. The summed E-state index contributed by atoms with van der Waals surface area (Å²) in [6.07, 6.45) is 1.23. The zero-order chi connectivity index (χ0) is 13.5. The van der Waals surface area contributed by atoms with Crippen LogP contribution in [-0.4, -0.2) is 19.0 Å². The standard InChI is InChI=1S/C12H17ClFN3O/c1-2-4-17-12(18)3-5-16-11-6-8(13)9(14)7-10(11)15/h6-7,16H,2-5,15H2,1H3,(H,17,18). The van der Waals surface area contributed by atoms with Gasteiger partial charge in [-0.1, -0.05) is 18.5 Å². The fourth-order valence-corrected chi connectivity index (χ4v) is 1.54. The molecular weight excluding hydrogens is 257 g/mol. The predicted octanol–water partition coefficient (Wildman–Crippen LogP) is 2.39. The number of hydrogen-bond acceptors (Lipinski definition) is 3. The third-order valence-electron chi connectivity index (χ3n) is 2.33. The van der Waals surface area contributed by atoms with Gasteiger partial charge >= 0.3 is 0 Å². The molecule has 0 saturated heterocycles. The maximum atomic E-state index is 13.0. The van der Waals surface area contributed by atoms with Gasteiger partial charge in [0.05, 0.1) is 16.4 Å². The number of hydrogen-bond donors (Lipinski definition) is 3. The van der Waals surface area contributed by atoms with Crippen LogP contribution in [0.5, 0.6) is 0 Å². The molecule has 1 amide bonds. The van der Waals surface area contributed by atoms with Gasteiger partial charge in [0.1, 0.15) is 5.82 Å². The summed E-state index contributed by atoms with van der Waals surface area (Å²) in [6, 6.07) is 2.57. The van der Waals surface area contributed by atoms with Gasteiger partial charge in [-0.05, 0) is 12.5 Å². The van der Waals surface area contributed by atoms with Crippen LogP contribution in [-0.2, 0) is 4.79 Å². The lowest BCUT2D eigenvalue weighted by Gasteiger charge is -2.10. The van der Waals surface area contributed by atoms with E-state index in [4.69, 9.17) is 17.3 Å². The molecule has 0 saturated carbocycles. The van der Waals surface area contributed by atoms with Crippen LogP contribution in [0.3, 0.4) is 0 Å². The highest BCUT2D eigenvalue weighted by atomic mass is 35.5. The molecule has 0 aliphatic heterocycles. The zero-order valence-corrected chi connectivity index (χ0v) is 11.0. The first-order valence-corrected chi connectivity index (χ1v) is 6.17. The van der Waals surface area contributed by atoms with E-state index in [1.165, 1.54) is 6.07 Å². The van der Waals surface area contributed by atoms with E-state index in [2.05, 4.69) is 10.6 Å². The van der Waals surface area contributed by atoms with Crippen molar-refractivity contribution < 1.29 is 9.18 Å². The Morgan fingerprint density at radius 3 is 2.83 bits per heavy atom. The summed E-state index contributed by atoms with van der Waals surface area (Å²) < 4.78 is 13.0. The van der Waals surface area contributed by atoms with Gasteiger partial charge in [-0.3, -0.25) is 4.79 Å². The zero-order valence-electron chi connectivity index (χ0n) is 10.2. The Bertz CT molecular complexity index is 426. The average molecular weight is 274 g/mol. The predicted molar refractivity (Wildman–Crippen MR) is 72.2 cm³/mol. The first-order chi connectivity index (χ1) is 8.54. The van der Waals surface area contributed by atoms with Crippen molar-refractivity contribution in [1.82, 2.24) is 5.32 Å². The van der Waals surface area contributed by atoms with Gasteiger partial charge in [0.15, 0.2) is 0 Å². The lowest BCUT2D eigenvalue weighted by Crippen LogP contribution is -2.25. The van der Waals surface area contributed by atoms with Crippen LogP contribution in [0.25, 0.3) is 0 Å². The Hall–Kier alpha value is -1.49. The summed E-state index contributed by atoms with van der Waals surface area (Å²) in [5, 5.41) is 5.71. The highest BCUT2D eigenvalue weighted by Gasteiger charge is 2.06. The van der Waals surface area contributed by atoms with E-state index in [1.807, 2.05) is 6.92 Å². The minimum absolute atomic E-state index is 0.00198. The van der Waals surface area contributed by atoms with E-state index >= 15 is 0 Å². The van der Waals surface area contributed by atoms with Gasteiger partial charge in [-0.2, -0.15) is 0 Å². The first kappa shape index (κ1) is 14.6. The Morgan fingerprint density at radius 1 is 1.44 bits per heavy atom. The molecule has 0 radical (unpaired) electrons. The maximum absolute atomic E-state index is 13.0. The van der Waals surface area contributed by atoms with Crippen LogP contribution in [0, 0.1) is 5.82 Å². The topological polar surface area (TPSA) is 67.2 Å². The quantitative estimate of drug-likeness (QED) is 0.697. The van der Waals surface area contributed by atoms with Crippen LogP contribution in [0.15, 0.2) is 12.1 Å². The monoisotopic (exact) mass is 273 g/mol. The molecule has 1 aromatic carbocycles. The summed E-state index contributed by atoms with van der Waals surface area (Å²) in [7, 11) is 0. The van der Waals surface area contributed by atoms with Gasteiger partial charge in [0, 0.05) is 25.6 Å². The third kappa shape index (κ3) is 4.41. The first-order valence-electron chi connectivity index (χ1n) is 5.79. The molecule has 0 spiro atoms. The Balaban J connectivity index is 2.44. The summed E-state index contributed by atoms with van der Waals surface area (Å²) in [4.78, 5) is 11.3.